The van der Waals surface area contributed by atoms with Crippen LogP contribution >= 0.6 is 0 Å². The number of rotatable bonds is 7. The molecule has 0 saturated heterocycles. The van der Waals surface area contributed by atoms with E-state index in [-0.39, 0.29) is 29.9 Å². The van der Waals surface area contributed by atoms with Crippen LogP contribution in [0.15, 0.2) is 97.2 Å². The highest BCUT2D eigenvalue weighted by molar-refractivity contribution is 6.06. The van der Waals surface area contributed by atoms with Gasteiger partial charge in [0.15, 0.2) is 18.1 Å². The first kappa shape index (κ1) is 21.8. The number of amides is 2. The SMILES string of the molecule is CN(C(=O)COc1cn(-c2ccccc2)nc1C(=O)N(C)c1ccccc1)c1ccccc1. The normalized spacial score (nSPS) is 10.5. The van der Waals surface area contributed by atoms with Gasteiger partial charge in [0.25, 0.3) is 11.8 Å². The third kappa shape index (κ3) is 4.93. The summed E-state index contributed by atoms with van der Waals surface area (Å²) in [5.41, 5.74) is 2.38. The van der Waals surface area contributed by atoms with Gasteiger partial charge < -0.3 is 14.5 Å². The Balaban J connectivity index is 1.60. The average molecular weight is 441 g/mol. The fraction of sp³-hybridized carbons (Fsp3) is 0.115. The van der Waals surface area contributed by atoms with Crippen molar-refractivity contribution in [3.63, 3.8) is 0 Å². The number of carbonyl (C=O) groups excluding carboxylic acids is 2. The van der Waals surface area contributed by atoms with Crippen LogP contribution in [-0.2, 0) is 4.79 Å². The number of likely N-dealkylation sites (N-methyl/N-ethyl adjacent to an activating group) is 1. The lowest BCUT2D eigenvalue weighted by Gasteiger charge is -2.18. The molecule has 0 fully saturated rings. The molecular formula is C26H24N4O3. The van der Waals surface area contributed by atoms with Crippen LogP contribution in [0.3, 0.4) is 0 Å². The summed E-state index contributed by atoms with van der Waals surface area (Å²) in [6, 6.07) is 28.0. The van der Waals surface area contributed by atoms with Crippen molar-refractivity contribution in [3.8, 4) is 11.4 Å². The number of carbonyl (C=O) groups is 2. The molecule has 2 amide bonds. The van der Waals surface area contributed by atoms with Crippen LogP contribution in [0.2, 0.25) is 0 Å². The van der Waals surface area contributed by atoms with Crippen LogP contribution in [0.5, 0.6) is 5.75 Å². The van der Waals surface area contributed by atoms with Gasteiger partial charge in [-0.1, -0.05) is 54.6 Å². The molecule has 0 radical (unpaired) electrons. The molecule has 0 aliphatic carbocycles. The second-order valence-electron chi connectivity index (χ2n) is 7.40. The van der Waals surface area contributed by atoms with Gasteiger partial charge >= 0.3 is 0 Å². The number of anilines is 2. The van der Waals surface area contributed by atoms with Crippen molar-refractivity contribution in [3.05, 3.63) is 103 Å². The minimum Gasteiger partial charge on any atom is -0.480 e. The summed E-state index contributed by atoms with van der Waals surface area (Å²) < 4.78 is 7.41. The van der Waals surface area contributed by atoms with Crippen LogP contribution in [0.1, 0.15) is 10.5 Å². The predicted molar refractivity (Wildman–Crippen MR) is 128 cm³/mol. The molecular weight excluding hydrogens is 416 g/mol. The molecule has 0 aliphatic rings. The molecule has 4 rings (SSSR count). The van der Waals surface area contributed by atoms with E-state index in [1.54, 1.807) is 25.0 Å². The Morgan fingerprint density at radius 2 is 1.30 bits per heavy atom. The molecule has 0 N–H and O–H groups in total. The molecule has 4 aromatic rings. The first-order valence-corrected chi connectivity index (χ1v) is 10.5. The van der Waals surface area contributed by atoms with E-state index >= 15 is 0 Å². The third-order valence-corrected chi connectivity index (χ3v) is 5.22. The fourth-order valence-corrected chi connectivity index (χ4v) is 3.28. The molecule has 166 valence electrons. The van der Waals surface area contributed by atoms with E-state index in [1.165, 1.54) is 9.80 Å². The van der Waals surface area contributed by atoms with E-state index < -0.39 is 0 Å². The van der Waals surface area contributed by atoms with Crippen LogP contribution in [0.25, 0.3) is 5.69 Å². The minimum atomic E-state index is -0.338. The fourth-order valence-electron chi connectivity index (χ4n) is 3.28. The van der Waals surface area contributed by atoms with Gasteiger partial charge in [-0.05, 0) is 36.4 Å². The van der Waals surface area contributed by atoms with Gasteiger partial charge in [-0.3, -0.25) is 9.59 Å². The molecule has 0 unspecified atom stereocenters. The summed E-state index contributed by atoms with van der Waals surface area (Å²) in [5.74, 6) is -0.348. The van der Waals surface area contributed by atoms with Gasteiger partial charge in [0.1, 0.15) is 0 Å². The van der Waals surface area contributed by atoms with E-state index in [9.17, 15) is 9.59 Å². The highest BCUT2D eigenvalue weighted by Crippen LogP contribution is 2.24. The first-order chi connectivity index (χ1) is 16.0. The van der Waals surface area contributed by atoms with Gasteiger partial charge in [-0.15, -0.1) is 0 Å². The smallest absolute Gasteiger partial charge is 0.282 e. The average Bonchev–Trinajstić information content (AvgIpc) is 3.31. The van der Waals surface area contributed by atoms with Crippen LogP contribution in [0, 0.1) is 0 Å². The van der Waals surface area contributed by atoms with Crippen LogP contribution in [-0.4, -0.2) is 42.3 Å². The lowest BCUT2D eigenvalue weighted by molar-refractivity contribution is -0.120. The second kappa shape index (κ2) is 9.82. The largest absolute Gasteiger partial charge is 0.480 e. The summed E-state index contributed by atoms with van der Waals surface area (Å²) in [6.45, 7) is -0.235. The van der Waals surface area contributed by atoms with Gasteiger partial charge in [0, 0.05) is 25.5 Å². The van der Waals surface area contributed by atoms with Crippen molar-refractivity contribution in [2.45, 2.75) is 0 Å². The molecule has 1 aromatic heterocycles. The Kier molecular flexibility index (Phi) is 6.50. The van der Waals surface area contributed by atoms with Gasteiger partial charge in [0.05, 0.1) is 11.9 Å². The number of benzene rings is 3. The van der Waals surface area contributed by atoms with Crippen molar-refractivity contribution >= 4 is 23.2 Å². The highest BCUT2D eigenvalue weighted by Gasteiger charge is 2.24. The van der Waals surface area contributed by atoms with E-state index in [1.807, 2.05) is 91.0 Å². The Labute approximate surface area is 192 Å². The van der Waals surface area contributed by atoms with Gasteiger partial charge in [0.2, 0.25) is 0 Å². The molecule has 0 aliphatic heterocycles. The van der Waals surface area contributed by atoms with Crippen molar-refractivity contribution in [2.75, 3.05) is 30.5 Å². The number of aromatic nitrogens is 2. The monoisotopic (exact) mass is 440 g/mol. The van der Waals surface area contributed by atoms with E-state index in [0.29, 0.717) is 0 Å². The quantitative estimate of drug-likeness (QED) is 0.432. The topological polar surface area (TPSA) is 67.7 Å². The Morgan fingerprint density at radius 3 is 1.88 bits per heavy atom. The molecule has 3 aromatic carbocycles. The third-order valence-electron chi connectivity index (χ3n) is 5.22. The van der Waals surface area contributed by atoms with Crippen molar-refractivity contribution in [2.24, 2.45) is 0 Å². The Hall–Kier alpha value is -4.39. The lowest BCUT2D eigenvalue weighted by Crippen LogP contribution is -2.32. The molecule has 1 heterocycles. The zero-order valence-electron chi connectivity index (χ0n) is 18.5. The molecule has 0 spiro atoms. The molecule has 7 heteroatoms. The maximum atomic E-state index is 13.3. The Bertz CT molecular complexity index is 1220. The predicted octanol–water partition coefficient (Wildman–Crippen LogP) is 4.19. The van der Waals surface area contributed by atoms with Crippen molar-refractivity contribution in [1.82, 2.24) is 9.78 Å². The molecule has 7 nitrogen and oxygen atoms in total. The van der Waals surface area contributed by atoms with E-state index in [4.69, 9.17) is 4.74 Å². The molecule has 0 saturated carbocycles. The summed E-state index contributed by atoms with van der Waals surface area (Å²) in [4.78, 5) is 29.0. The number of hydrogen-bond acceptors (Lipinski definition) is 4. The minimum absolute atomic E-state index is 0.125. The highest BCUT2D eigenvalue weighted by atomic mass is 16.5. The van der Waals surface area contributed by atoms with Crippen LogP contribution in [0.4, 0.5) is 11.4 Å². The number of ether oxygens (including phenoxy) is 1. The zero-order valence-corrected chi connectivity index (χ0v) is 18.5. The van der Waals surface area contributed by atoms with Crippen molar-refractivity contribution in [1.29, 1.82) is 0 Å². The van der Waals surface area contributed by atoms with Gasteiger partial charge in [-0.2, -0.15) is 5.10 Å². The number of hydrogen-bond donors (Lipinski definition) is 0. The number of para-hydroxylation sites is 3. The van der Waals surface area contributed by atoms with E-state index in [2.05, 4.69) is 5.10 Å². The second-order valence-corrected chi connectivity index (χ2v) is 7.40. The molecule has 33 heavy (non-hydrogen) atoms. The zero-order chi connectivity index (χ0) is 23.2. The van der Waals surface area contributed by atoms with E-state index in [0.717, 1.165) is 17.1 Å². The maximum absolute atomic E-state index is 13.3. The maximum Gasteiger partial charge on any atom is 0.282 e. The summed E-state index contributed by atoms with van der Waals surface area (Å²) >= 11 is 0. The standard InChI is InChI=1S/C26H24N4O3/c1-28(20-12-6-3-7-13-20)24(31)19-33-23-18-30(22-16-10-5-11-17-22)27-25(23)26(32)29(2)21-14-8-4-9-15-21/h3-18H,19H2,1-2H3. The summed E-state index contributed by atoms with van der Waals surface area (Å²) in [7, 11) is 3.36. The Morgan fingerprint density at radius 1 is 0.788 bits per heavy atom. The van der Waals surface area contributed by atoms with Crippen molar-refractivity contribution < 1.29 is 14.3 Å². The van der Waals surface area contributed by atoms with Gasteiger partial charge in [-0.25, -0.2) is 4.68 Å². The first-order valence-electron chi connectivity index (χ1n) is 10.5. The lowest BCUT2D eigenvalue weighted by atomic mass is 10.2. The summed E-state index contributed by atoms with van der Waals surface area (Å²) in [5, 5.41) is 4.48. The molecule has 0 atom stereocenters. The molecule has 0 bridgehead atoms. The summed E-state index contributed by atoms with van der Waals surface area (Å²) in [6.07, 6.45) is 1.62. The van der Waals surface area contributed by atoms with Crippen LogP contribution < -0.4 is 14.5 Å². The number of nitrogens with zero attached hydrogens (tertiary/aromatic N) is 4.